The largest absolute Gasteiger partial charge is 0.271 e. The maximum Gasteiger partial charge on any atom is 0.129 e. The standard InChI is InChI=1S/C12H10Cl3N3/c13-9-3-1-7(5-10(9)14)12(18-16)8-2-4-11(15)17-6-8/h1-6,12,18H,16H2. The van der Waals surface area contributed by atoms with Gasteiger partial charge in [-0.25, -0.2) is 10.4 Å². The minimum atomic E-state index is -0.218. The van der Waals surface area contributed by atoms with E-state index < -0.39 is 0 Å². The van der Waals surface area contributed by atoms with E-state index in [0.29, 0.717) is 15.2 Å². The highest BCUT2D eigenvalue weighted by Gasteiger charge is 2.14. The Morgan fingerprint density at radius 1 is 1.00 bits per heavy atom. The molecule has 1 aromatic carbocycles. The van der Waals surface area contributed by atoms with Crippen molar-refractivity contribution in [1.29, 1.82) is 0 Å². The van der Waals surface area contributed by atoms with Crippen molar-refractivity contribution in [2.45, 2.75) is 6.04 Å². The van der Waals surface area contributed by atoms with Crippen LogP contribution in [0.3, 0.4) is 0 Å². The lowest BCUT2D eigenvalue weighted by molar-refractivity contribution is 0.635. The van der Waals surface area contributed by atoms with E-state index in [9.17, 15) is 0 Å². The van der Waals surface area contributed by atoms with E-state index in [0.717, 1.165) is 11.1 Å². The van der Waals surface area contributed by atoms with Crippen LogP contribution in [-0.4, -0.2) is 4.98 Å². The molecular formula is C12H10Cl3N3. The quantitative estimate of drug-likeness (QED) is 0.517. The van der Waals surface area contributed by atoms with Gasteiger partial charge in [0.05, 0.1) is 16.1 Å². The molecule has 0 spiro atoms. The Morgan fingerprint density at radius 2 is 1.72 bits per heavy atom. The van der Waals surface area contributed by atoms with Crippen molar-refractivity contribution < 1.29 is 0 Å². The number of hydrogen-bond donors (Lipinski definition) is 2. The van der Waals surface area contributed by atoms with Gasteiger partial charge in [0.1, 0.15) is 5.15 Å². The molecule has 0 fully saturated rings. The third kappa shape index (κ3) is 2.94. The topological polar surface area (TPSA) is 50.9 Å². The SMILES string of the molecule is NNC(c1ccc(Cl)nc1)c1ccc(Cl)c(Cl)c1. The van der Waals surface area contributed by atoms with Gasteiger partial charge in [-0.05, 0) is 29.3 Å². The number of nitrogens with one attached hydrogen (secondary N) is 1. The molecule has 1 aromatic heterocycles. The summed E-state index contributed by atoms with van der Waals surface area (Å²) in [6.45, 7) is 0. The third-order valence-electron chi connectivity index (χ3n) is 2.53. The second kappa shape index (κ2) is 5.87. The first-order valence-electron chi connectivity index (χ1n) is 5.14. The Morgan fingerprint density at radius 3 is 2.28 bits per heavy atom. The van der Waals surface area contributed by atoms with Crippen LogP contribution in [0.15, 0.2) is 36.5 Å². The molecule has 0 amide bonds. The third-order valence-corrected chi connectivity index (χ3v) is 3.49. The summed E-state index contributed by atoms with van der Waals surface area (Å²) in [4.78, 5) is 4.02. The van der Waals surface area contributed by atoms with Crippen molar-refractivity contribution in [3.63, 3.8) is 0 Å². The molecule has 94 valence electrons. The van der Waals surface area contributed by atoms with E-state index in [1.54, 1.807) is 24.4 Å². The number of rotatable bonds is 3. The molecule has 1 heterocycles. The summed E-state index contributed by atoms with van der Waals surface area (Å²) in [7, 11) is 0. The number of nitrogens with zero attached hydrogens (tertiary/aromatic N) is 1. The number of hydrazine groups is 1. The van der Waals surface area contributed by atoms with Crippen LogP contribution >= 0.6 is 34.8 Å². The van der Waals surface area contributed by atoms with Crippen LogP contribution in [0, 0.1) is 0 Å². The van der Waals surface area contributed by atoms with Crippen LogP contribution in [0.1, 0.15) is 17.2 Å². The van der Waals surface area contributed by atoms with Crippen LogP contribution in [0.4, 0.5) is 0 Å². The second-order valence-electron chi connectivity index (χ2n) is 3.69. The van der Waals surface area contributed by atoms with Gasteiger partial charge in [-0.1, -0.05) is 46.9 Å². The lowest BCUT2D eigenvalue weighted by Crippen LogP contribution is -2.28. The van der Waals surface area contributed by atoms with Gasteiger partial charge >= 0.3 is 0 Å². The number of aromatic nitrogens is 1. The molecule has 0 bridgehead atoms. The van der Waals surface area contributed by atoms with E-state index in [-0.39, 0.29) is 6.04 Å². The zero-order valence-corrected chi connectivity index (χ0v) is 11.5. The fraction of sp³-hybridized carbons (Fsp3) is 0.0833. The monoisotopic (exact) mass is 301 g/mol. The van der Waals surface area contributed by atoms with E-state index in [2.05, 4.69) is 10.4 Å². The van der Waals surface area contributed by atoms with Gasteiger partial charge in [0, 0.05) is 6.20 Å². The van der Waals surface area contributed by atoms with Crippen molar-refractivity contribution in [2.75, 3.05) is 0 Å². The lowest BCUT2D eigenvalue weighted by atomic mass is 10.0. The van der Waals surface area contributed by atoms with Gasteiger partial charge in [-0.15, -0.1) is 0 Å². The number of nitrogens with two attached hydrogens (primary N) is 1. The summed E-state index contributed by atoms with van der Waals surface area (Å²) >= 11 is 17.6. The molecule has 2 aromatic rings. The Kier molecular flexibility index (Phi) is 4.43. The van der Waals surface area contributed by atoms with Gasteiger partial charge in [0.25, 0.3) is 0 Å². The van der Waals surface area contributed by atoms with Crippen LogP contribution in [0.2, 0.25) is 15.2 Å². The predicted octanol–water partition coefficient (Wildman–Crippen LogP) is 3.59. The number of pyridine rings is 1. The summed E-state index contributed by atoms with van der Waals surface area (Å²) in [5, 5.41) is 1.42. The molecule has 1 atom stereocenters. The fourth-order valence-corrected chi connectivity index (χ4v) is 2.05. The summed E-state index contributed by atoms with van der Waals surface area (Å²) in [6.07, 6.45) is 1.66. The molecule has 1 unspecified atom stereocenters. The fourth-order valence-electron chi connectivity index (χ4n) is 1.63. The highest BCUT2D eigenvalue weighted by Crippen LogP contribution is 2.28. The average molecular weight is 303 g/mol. The molecule has 0 aliphatic heterocycles. The maximum atomic E-state index is 5.99. The smallest absolute Gasteiger partial charge is 0.129 e. The Balaban J connectivity index is 2.38. The molecule has 0 saturated heterocycles. The minimum absolute atomic E-state index is 0.218. The van der Waals surface area contributed by atoms with Crippen LogP contribution in [0.25, 0.3) is 0 Å². The zero-order valence-electron chi connectivity index (χ0n) is 9.20. The molecule has 0 radical (unpaired) electrons. The maximum absolute atomic E-state index is 5.99. The van der Waals surface area contributed by atoms with Crippen molar-refractivity contribution in [2.24, 2.45) is 5.84 Å². The first-order chi connectivity index (χ1) is 8.61. The first-order valence-corrected chi connectivity index (χ1v) is 6.27. The van der Waals surface area contributed by atoms with Gasteiger partial charge in [0.2, 0.25) is 0 Å². The lowest BCUT2D eigenvalue weighted by Gasteiger charge is -2.17. The van der Waals surface area contributed by atoms with Crippen LogP contribution < -0.4 is 11.3 Å². The molecule has 18 heavy (non-hydrogen) atoms. The Hall–Kier alpha value is -0.840. The van der Waals surface area contributed by atoms with Crippen molar-refractivity contribution in [1.82, 2.24) is 10.4 Å². The van der Waals surface area contributed by atoms with E-state index in [1.165, 1.54) is 0 Å². The molecule has 3 N–H and O–H groups in total. The van der Waals surface area contributed by atoms with E-state index in [4.69, 9.17) is 40.6 Å². The highest BCUT2D eigenvalue weighted by molar-refractivity contribution is 6.42. The summed E-state index contributed by atoms with van der Waals surface area (Å²) in [5.41, 5.74) is 4.50. The molecule has 3 nitrogen and oxygen atoms in total. The van der Waals surface area contributed by atoms with Gasteiger partial charge in [-0.2, -0.15) is 0 Å². The number of hydrogen-bond acceptors (Lipinski definition) is 3. The number of benzene rings is 1. The molecule has 2 rings (SSSR count). The van der Waals surface area contributed by atoms with Gasteiger partial charge in [-0.3, -0.25) is 5.84 Å². The van der Waals surface area contributed by atoms with Crippen LogP contribution in [0.5, 0.6) is 0 Å². The van der Waals surface area contributed by atoms with Crippen LogP contribution in [-0.2, 0) is 0 Å². The van der Waals surface area contributed by atoms with E-state index in [1.807, 2.05) is 12.1 Å². The highest BCUT2D eigenvalue weighted by atomic mass is 35.5. The molecule has 0 aliphatic rings. The van der Waals surface area contributed by atoms with Crippen molar-refractivity contribution >= 4 is 34.8 Å². The van der Waals surface area contributed by atoms with Gasteiger partial charge < -0.3 is 0 Å². The molecule has 0 aliphatic carbocycles. The summed E-state index contributed by atoms with van der Waals surface area (Å²) in [6, 6.07) is 8.69. The van der Waals surface area contributed by atoms with Crippen molar-refractivity contribution in [3.05, 3.63) is 62.9 Å². The first kappa shape index (κ1) is 13.6. The normalized spacial score (nSPS) is 12.4. The Labute approximate surface area is 120 Å². The van der Waals surface area contributed by atoms with Gasteiger partial charge in [0.15, 0.2) is 0 Å². The van der Waals surface area contributed by atoms with Crippen molar-refractivity contribution in [3.8, 4) is 0 Å². The number of halogens is 3. The zero-order chi connectivity index (χ0) is 13.1. The Bertz CT molecular complexity index is 543. The minimum Gasteiger partial charge on any atom is -0.271 e. The molecule has 0 saturated carbocycles. The summed E-state index contributed by atoms with van der Waals surface area (Å²) in [5.74, 6) is 5.58. The second-order valence-corrected chi connectivity index (χ2v) is 4.89. The molecular weight excluding hydrogens is 293 g/mol. The predicted molar refractivity (Wildman–Crippen MR) is 74.9 cm³/mol. The molecule has 6 heteroatoms. The van der Waals surface area contributed by atoms with E-state index >= 15 is 0 Å². The average Bonchev–Trinajstić information content (AvgIpc) is 2.37. The summed E-state index contributed by atoms with van der Waals surface area (Å²) < 4.78 is 0.